The first-order valence-corrected chi connectivity index (χ1v) is 9.51. The number of primary amides is 1. The molecule has 3 aromatic rings. The van der Waals surface area contributed by atoms with Crippen LogP contribution in [0.3, 0.4) is 0 Å². The SMILES string of the molecule is N#Cc1ccc2nc(C(F)(F)F)cc(NCC3C(c4ccc(F)cn4)CN3C(N)=O)c2c1. The van der Waals surface area contributed by atoms with E-state index in [-0.39, 0.29) is 35.8 Å². The molecule has 1 aromatic carbocycles. The lowest BCUT2D eigenvalue weighted by molar-refractivity contribution is -0.140. The van der Waals surface area contributed by atoms with Gasteiger partial charge in [-0.2, -0.15) is 18.4 Å². The molecule has 1 fully saturated rings. The molecule has 0 saturated carbocycles. The molecule has 3 heterocycles. The number of anilines is 1. The van der Waals surface area contributed by atoms with Crippen molar-refractivity contribution in [3.8, 4) is 6.07 Å². The number of aromatic nitrogens is 2. The number of halogens is 4. The molecule has 2 unspecified atom stereocenters. The Morgan fingerprint density at radius 3 is 2.69 bits per heavy atom. The van der Waals surface area contributed by atoms with E-state index in [9.17, 15) is 22.4 Å². The number of amides is 2. The molecule has 11 heteroatoms. The predicted octanol–water partition coefficient (Wildman–Crippen LogP) is 3.62. The van der Waals surface area contributed by atoms with Gasteiger partial charge in [-0.1, -0.05) is 0 Å². The number of nitrogens with zero attached hydrogens (tertiary/aromatic N) is 4. The molecule has 0 bridgehead atoms. The summed E-state index contributed by atoms with van der Waals surface area (Å²) >= 11 is 0. The van der Waals surface area contributed by atoms with Crippen LogP contribution in [-0.4, -0.2) is 40.0 Å². The van der Waals surface area contributed by atoms with Crippen LogP contribution < -0.4 is 11.1 Å². The number of hydrogen-bond donors (Lipinski definition) is 2. The van der Waals surface area contributed by atoms with Crippen LogP contribution in [0, 0.1) is 17.1 Å². The summed E-state index contributed by atoms with van der Waals surface area (Å²) in [4.78, 5) is 20.8. The van der Waals surface area contributed by atoms with Crippen molar-refractivity contribution in [2.45, 2.75) is 18.1 Å². The van der Waals surface area contributed by atoms with Gasteiger partial charge in [-0.25, -0.2) is 14.2 Å². The Kier molecular flexibility index (Phi) is 5.30. The Morgan fingerprint density at radius 1 is 1.28 bits per heavy atom. The first kappa shape index (κ1) is 21.3. The summed E-state index contributed by atoms with van der Waals surface area (Å²) in [5.41, 5.74) is 5.31. The number of fused-ring (bicyclic) bond motifs is 1. The summed E-state index contributed by atoms with van der Waals surface area (Å²) in [6.45, 7) is 0.309. The van der Waals surface area contributed by atoms with Crippen LogP contribution in [0.25, 0.3) is 10.9 Å². The van der Waals surface area contributed by atoms with Gasteiger partial charge in [-0.05, 0) is 36.4 Å². The zero-order valence-corrected chi connectivity index (χ0v) is 16.4. The third-order valence-corrected chi connectivity index (χ3v) is 5.40. The number of alkyl halides is 3. The van der Waals surface area contributed by atoms with Gasteiger partial charge in [0.05, 0.1) is 29.4 Å². The van der Waals surface area contributed by atoms with Gasteiger partial charge in [0, 0.05) is 35.8 Å². The normalized spacial score (nSPS) is 18.2. The maximum Gasteiger partial charge on any atom is 0.433 e. The Bertz CT molecular complexity index is 1220. The third kappa shape index (κ3) is 3.99. The van der Waals surface area contributed by atoms with Crippen molar-refractivity contribution in [1.82, 2.24) is 14.9 Å². The van der Waals surface area contributed by atoms with Crippen molar-refractivity contribution in [3.63, 3.8) is 0 Å². The molecule has 32 heavy (non-hydrogen) atoms. The van der Waals surface area contributed by atoms with Crippen LogP contribution in [0.1, 0.15) is 22.9 Å². The van der Waals surface area contributed by atoms with Crippen molar-refractivity contribution in [2.24, 2.45) is 5.73 Å². The van der Waals surface area contributed by atoms with Crippen LogP contribution in [-0.2, 0) is 6.18 Å². The number of benzene rings is 1. The fourth-order valence-electron chi connectivity index (χ4n) is 3.75. The lowest BCUT2D eigenvalue weighted by Gasteiger charge is -2.47. The van der Waals surface area contributed by atoms with E-state index in [4.69, 9.17) is 11.0 Å². The van der Waals surface area contributed by atoms with Crippen molar-refractivity contribution < 1.29 is 22.4 Å². The number of nitrogens with one attached hydrogen (secondary N) is 1. The van der Waals surface area contributed by atoms with E-state index in [0.717, 1.165) is 12.3 Å². The van der Waals surface area contributed by atoms with Gasteiger partial charge in [-0.3, -0.25) is 4.98 Å². The van der Waals surface area contributed by atoms with E-state index < -0.39 is 29.8 Å². The maximum absolute atomic E-state index is 13.4. The summed E-state index contributed by atoms with van der Waals surface area (Å²) in [5, 5.41) is 12.4. The van der Waals surface area contributed by atoms with Crippen LogP contribution in [0.4, 0.5) is 28.0 Å². The summed E-state index contributed by atoms with van der Waals surface area (Å²) in [5.74, 6) is -0.786. The standard InChI is InChI=1S/C21H16F4N6O/c22-12-2-4-15(28-8-12)14-10-31(20(27)32)18(14)9-29-17-6-19(21(23,24)25)30-16-3-1-11(7-26)5-13(16)17/h1-6,8,14,18H,9-10H2,(H2,27,32)(H,29,30). The van der Waals surface area contributed by atoms with Crippen molar-refractivity contribution in [2.75, 3.05) is 18.4 Å². The molecule has 1 aliphatic heterocycles. The van der Waals surface area contributed by atoms with Crippen LogP contribution in [0.5, 0.6) is 0 Å². The van der Waals surface area contributed by atoms with Gasteiger partial charge in [-0.15, -0.1) is 0 Å². The minimum Gasteiger partial charge on any atom is -0.382 e. The summed E-state index contributed by atoms with van der Waals surface area (Å²) in [6.07, 6.45) is -3.61. The van der Waals surface area contributed by atoms with E-state index in [1.807, 2.05) is 6.07 Å². The van der Waals surface area contributed by atoms with Gasteiger partial charge in [0.25, 0.3) is 0 Å². The average Bonchev–Trinajstić information content (AvgIpc) is 2.73. The van der Waals surface area contributed by atoms with E-state index in [2.05, 4.69) is 15.3 Å². The Morgan fingerprint density at radius 2 is 2.06 bits per heavy atom. The fraction of sp³-hybridized carbons (Fsp3) is 0.238. The summed E-state index contributed by atoms with van der Waals surface area (Å²) in [7, 11) is 0. The number of carbonyl (C=O) groups is 1. The molecule has 0 aliphatic carbocycles. The van der Waals surface area contributed by atoms with E-state index in [1.54, 1.807) is 0 Å². The van der Waals surface area contributed by atoms with Gasteiger partial charge in [0.15, 0.2) is 0 Å². The number of pyridine rings is 2. The maximum atomic E-state index is 13.4. The number of urea groups is 1. The largest absolute Gasteiger partial charge is 0.433 e. The molecule has 0 radical (unpaired) electrons. The Balaban J connectivity index is 1.67. The zero-order chi connectivity index (χ0) is 23.0. The number of carbonyl (C=O) groups excluding carboxylic acids is 1. The minimum absolute atomic E-state index is 0.0554. The molecular formula is C21H16F4N6O. The first-order valence-electron chi connectivity index (χ1n) is 9.51. The molecule has 1 aliphatic rings. The number of likely N-dealkylation sites (tertiary alicyclic amines) is 1. The number of rotatable bonds is 4. The molecule has 1 saturated heterocycles. The topological polar surface area (TPSA) is 108 Å². The Hall–Kier alpha value is -3.94. The number of nitrogens with two attached hydrogens (primary N) is 1. The minimum atomic E-state index is -4.67. The van der Waals surface area contributed by atoms with Gasteiger partial charge < -0.3 is 16.0 Å². The highest BCUT2D eigenvalue weighted by Crippen LogP contribution is 2.36. The highest BCUT2D eigenvalue weighted by Gasteiger charge is 2.42. The van der Waals surface area contributed by atoms with E-state index in [1.165, 1.54) is 35.2 Å². The molecule has 3 N–H and O–H groups in total. The molecule has 7 nitrogen and oxygen atoms in total. The van der Waals surface area contributed by atoms with Crippen LogP contribution in [0.15, 0.2) is 42.6 Å². The van der Waals surface area contributed by atoms with Gasteiger partial charge >= 0.3 is 12.2 Å². The molecule has 2 aromatic heterocycles. The quantitative estimate of drug-likeness (QED) is 0.598. The van der Waals surface area contributed by atoms with Crippen LogP contribution in [0.2, 0.25) is 0 Å². The third-order valence-electron chi connectivity index (χ3n) is 5.40. The second kappa shape index (κ2) is 7.96. The number of hydrogen-bond acceptors (Lipinski definition) is 5. The molecule has 0 spiro atoms. The second-order valence-electron chi connectivity index (χ2n) is 7.34. The fourth-order valence-corrected chi connectivity index (χ4v) is 3.75. The molecule has 2 amide bonds. The van der Waals surface area contributed by atoms with E-state index in [0.29, 0.717) is 11.1 Å². The van der Waals surface area contributed by atoms with Crippen molar-refractivity contribution in [3.05, 3.63) is 65.4 Å². The summed E-state index contributed by atoms with van der Waals surface area (Å²) in [6, 6.07) is 8.53. The Labute approximate surface area is 179 Å². The molecule has 4 rings (SSSR count). The van der Waals surface area contributed by atoms with Gasteiger partial charge in [0.2, 0.25) is 0 Å². The lowest BCUT2D eigenvalue weighted by atomic mass is 9.85. The van der Waals surface area contributed by atoms with Gasteiger partial charge in [0.1, 0.15) is 11.5 Å². The molecule has 2 atom stereocenters. The van der Waals surface area contributed by atoms with Crippen molar-refractivity contribution >= 4 is 22.6 Å². The zero-order valence-electron chi connectivity index (χ0n) is 16.4. The second-order valence-corrected chi connectivity index (χ2v) is 7.34. The number of nitriles is 1. The predicted molar refractivity (Wildman–Crippen MR) is 107 cm³/mol. The molecular weight excluding hydrogens is 428 g/mol. The molecule has 164 valence electrons. The van der Waals surface area contributed by atoms with Crippen molar-refractivity contribution in [1.29, 1.82) is 5.26 Å². The smallest absolute Gasteiger partial charge is 0.382 e. The highest BCUT2D eigenvalue weighted by atomic mass is 19.4. The monoisotopic (exact) mass is 444 g/mol. The average molecular weight is 444 g/mol. The summed E-state index contributed by atoms with van der Waals surface area (Å²) < 4.78 is 53.3. The van der Waals surface area contributed by atoms with Crippen LogP contribution >= 0.6 is 0 Å². The van der Waals surface area contributed by atoms with E-state index >= 15 is 0 Å². The lowest BCUT2D eigenvalue weighted by Crippen LogP contribution is -2.61. The first-order chi connectivity index (χ1) is 15.2. The highest BCUT2D eigenvalue weighted by molar-refractivity contribution is 5.92.